The van der Waals surface area contributed by atoms with Gasteiger partial charge in [0.1, 0.15) is 0 Å². The van der Waals surface area contributed by atoms with Gasteiger partial charge in [-0.25, -0.2) is 0 Å². The third-order valence-corrected chi connectivity index (χ3v) is 9.21. The van der Waals surface area contributed by atoms with Crippen LogP contribution in [0, 0.1) is 5.41 Å². The lowest BCUT2D eigenvalue weighted by Gasteiger charge is -2.26. The molecule has 0 aliphatic heterocycles. The molecular formula is C43H30N4. The topological polar surface area (TPSA) is 37.0 Å². The summed E-state index contributed by atoms with van der Waals surface area (Å²) < 4.78 is 4.69. The van der Waals surface area contributed by atoms with E-state index < -0.39 is 0 Å². The first-order chi connectivity index (χ1) is 23.3. The van der Waals surface area contributed by atoms with E-state index in [1.807, 2.05) is 12.1 Å². The van der Waals surface area contributed by atoms with Crippen LogP contribution in [0.2, 0.25) is 0 Å². The van der Waals surface area contributed by atoms with Crippen LogP contribution in [0.1, 0.15) is 5.56 Å². The van der Waals surface area contributed by atoms with Gasteiger partial charge in [0.05, 0.1) is 22.1 Å². The van der Waals surface area contributed by atoms with Gasteiger partial charge < -0.3 is 19.4 Å². The monoisotopic (exact) mass is 602 g/mol. The van der Waals surface area contributed by atoms with Gasteiger partial charge in [0.15, 0.2) is 0 Å². The Bertz CT molecular complexity index is 2310. The van der Waals surface area contributed by atoms with Crippen LogP contribution in [0.5, 0.6) is 0 Å². The zero-order valence-electron chi connectivity index (χ0n) is 25.6. The molecule has 9 rings (SSSR count). The lowest BCUT2D eigenvalue weighted by atomic mass is 10.1. The minimum absolute atomic E-state index is 0.872. The molecular weight excluding hydrogens is 573 g/mol. The molecule has 0 spiro atoms. The molecule has 0 amide bonds. The Morgan fingerprint density at radius 2 is 0.660 bits per heavy atom. The third-order valence-electron chi connectivity index (χ3n) is 9.21. The molecule has 2 heterocycles. The van der Waals surface area contributed by atoms with Crippen molar-refractivity contribution in [2.24, 2.45) is 0 Å². The number of benzene rings is 7. The number of aromatic nitrogens is 2. The van der Waals surface area contributed by atoms with Crippen LogP contribution >= 0.6 is 0 Å². The SMILES string of the molecule is N=Cc1ccc(N(c2ccc(-n3c4ccccc4c4ccccc43)cc2)c2ccc(-n3c4ccccc4c4ccccc43)cc2)cc1. The lowest BCUT2D eigenvalue weighted by molar-refractivity contribution is 1.17. The van der Waals surface area contributed by atoms with Crippen molar-refractivity contribution in [2.45, 2.75) is 0 Å². The highest BCUT2D eigenvalue weighted by molar-refractivity contribution is 6.10. The van der Waals surface area contributed by atoms with Crippen LogP contribution in [-0.4, -0.2) is 15.3 Å². The van der Waals surface area contributed by atoms with Crippen molar-refractivity contribution >= 4 is 66.9 Å². The first-order valence-electron chi connectivity index (χ1n) is 15.9. The van der Waals surface area contributed by atoms with Crippen molar-refractivity contribution in [3.63, 3.8) is 0 Å². The van der Waals surface area contributed by atoms with Gasteiger partial charge in [-0.1, -0.05) is 84.9 Å². The van der Waals surface area contributed by atoms with E-state index in [0.29, 0.717) is 0 Å². The molecule has 0 fully saturated rings. The van der Waals surface area contributed by atoms with E-state index in [0.717, 1.165) is 34.0 Å². The molecule has 0 bridgehead atoms. The minimum Gasteiger partial charge on any atom is -0.311 e. The predicted molar refractivity (Wildman–Crippen MR) is 198 cm³/mol. The molecule has 0 saturated carbocycles. The van der Waals surface area contributed by atoms with E-state index in [1.54, 1.807) is 0 Å². The lowest BCUT2D eigenvalue weighted by Crippen LogP contribution is -2.10. The summed E-state index contributed by atoms with van der Waals surface area (Å²) in [5.74, 6) is 0. The van der Waals surface area contributed by atoms with E-state index >= 15 is 0 Å². The molecule has 0 atom stereocenters. The van der Waals surface area contributed by atoms with Crippen LogP contribution in [0.3, 0.4) is 0 Å². The highest BCUT2D eigenvalue weighted by Crippen LogP contribution is 2.38. The van der Waals surface area contributed by atoms with Gasteiger partial charge in [-0.05, 0) is 90.5 Å². The molecule has 2 aromatic heterocycles. The molecule has 47 heavy (non-hydrogen) atoms. The number of para-hydroxylation sites is 4. The van der Waals surface area contributed by atoms with Gasteiger partial charge in [-0.2, -0.15) is 0 Å². The van der Waals surface area contributed by atoms with Crippen LogP contribution in [0.15, 0.2) is 170 Å². The molecule has 0 unspecified atom stereocenters. The summed E-state index contributed by atoms with van der Waals surface area (Å²) in [7, 11) is 0. The molecule has 0 saturated heterocycles. The van der Waals surface area contributed by atoms with E-state index in [2.05, 4.69) is 172 Å². The number of rotatable bonds is 6. The molecule has 1 N–H and O–H groups in total. The largest absolute Gasteiger partial charge is 0.311 e. The van der Waals surface area contributed by atoms with E-state index in [-0.39, 0.29) is 0 Å². The molecule has 4 heteroatoms. The van der Waals surface area contributed by atoms with Crippen LogP contribution < -0.4 is 4.90 Å². The summed E-state index contributed by atoms with van der Waals surface area (Å²) in [5.41, 5.74) is 11.0. The maximum atomic E-state index is 7.72. The van der Waals surface area contributed by atoms with Crippen LogP contribution in [-0.2, 0) is 0 Å². The summed E-state index contributed by atoms with van der Waals surface area (Å²) in [5, 5.41) is 12.7. The second-order valence-electron chi connectivity index (χ2n) is 11.8. The number of nitrogens with zero attached hydrogens (tertiary/aromatic N) is 3. The fourth-order valence-electron chi connectivity index (χ4n) is 7.07. The van der Waals surface area contributed by atoms with Gasteiger partial charge in [0, 0.05) is 56.2 Å². The van der Waals surface area contributed by atoms with E-state index in [4.69, 9.17) is 5.41 Å². The number of nitrogens with one attached hydrogen (secondary N) is 1. The average Bonchev–Trinajstić information content (AvgIpc) is 3.66. The molecule has 0 aliphatic rings. The maximum Gasteiger partial charge on any atom is 0.0541 e. The zero-order valence-corrected chi connectivity index (χ0v) is 25.6. The molecule has 222 valence electrons. The highest BCUT2D eigenvalue weighted by Gasteiger charge is 2.17. The summed E-state index contributed by atoms with van der Waals surface area (Å²) >= 11 is 0. The van der Waals surface area contributed by atoms with E-state index in [1.165, 1.54) is 49.8 Å². The Balaban J connectivity index is 1.16. The van der Waals surface area contributed by atoms with Crippen molar-refractivity contribution in [1.82, 2.24) is 9.13 Å². The third kappa shape index (κ3) is 4.34. The van der Waals surface area contributed by atoms with Crippen LogP contribution in [0.25, 0.3) is 55.0 Å². The van der Waals surface area contributed by atoms with Crippen molar-refractivity contribution in [1.29, 1.82) is 5.41 Å². The molecule has 9 aromatic rings. The fourth-order valence-corrected chi connectivity index (χ4v) is 7.07. The summed E-state index contributed by atoms with van der Waals surface area (Å²) in [4.78, 5) is 2.28. The van der Waals surface area contributed by atoms with Crippen LogP contribution in [0.4, 0.5) is 17.1 Å². The number of hydrogen-bond donors (Lipinski definition) is 1. The Hall–Kier alpha value is -6.39. The van der Waals surface area contributed by atoms with Gasteiger partial charge in [0.2, 0.25) is 0 Å². The number of anilines is 3. The maximum absolute atomic E-state index is 7.72. The first-order valence-corrected chi connectivity index (χ1v) is 15.9. The number of hydrogen-bond acceptors (Lipinski definition) is 2. The van der Waals surface area contributed by atoms with Gasteiger partial charge in [0.25, 0.3) is 0 Å². The average molecular weight is 603 g/mol. The van der Waals surface area contributed by atoms with Gasteiger partial charge >= 0.3 is 0 Å². The standard InChI is InChI=1S/C43H30N4/c44-29-30-17-19-31(20-18-30)45(32-21-25-34(26-22-32)46-40-13-5-1-9-36(40)37-10-2-6-14-41(37)46)33-23-27-35(28-24-33)47-42-15-7-3-11-38(42)39-12-4-8-16-43(39)47/h1-29,44H. The van der Waals surface area contributed by atoms with Crippen molar-refractivity contribution < 1.29 is 0 Å². The molecule has 0 aliphatic carbocycles. The number of fused-ring (bicyclic) bond motifs is 6. The Kier molecular flexibility index (Phi) is 6.25. The second kappa shape index (κ2) is 10.9. The van der Waals surface area contributed by atoms with Crippen molar-refractivity contribution in [3.05, 3.63) is 175 Å². The van der Waals surface area contributed by atoms with Crippen molar-refractivity contribution in [3.8, 4) is 11.4 Å². The normalized spacial score (nSPS) is 11.5. The van der Waals surface area contributed by atoms with Crippen molar-refractivity contribution in [2.75, 3.05) is 4.90 Å². The highest BCUT2D eigenvalue weighted by atomic mass is 15.1. The van der Waals surface area contributed by atoms with Gasteiger partial charge in [-0.15, -0.1) is 0 Å². The molecule has 7 aromatic carbocycles. The van der Waals surface area contributed by atoms with E-state index in [9.17, 15) is 0 Å². The Morgan fingerprint density at radius 3 is 0.979 bits per heavy atom. The molecule has 4 nitrogen and oxygen atoms in total. The predicted octanol–water partition coefficient (Wildman–Crippen LogP) is 11.3. The summed E-state index contributed by atoms with van der Waals surface area (Å²) in [6, 6.07) is 60.2. The Morgan fingerprint density at radius 1 is 0.362 bits per heavy atom. The Labute approximate surface area is 272 Å². The van der Waals surface area contributed by atoms with Gasteiger partial charge in [-0.3, -0.25) is 0 Å². The quantitative estimate of drug-likeness (QED) is 0.189. The zero-order chi connectivity index (χ0) is 31.3. The summed E-state index contributed by atoms with van der Waals surface area (Å²) in [6.45, 7) is 0. The minimum atomic E-state index is 0.872. The summed E-state index contributed by atoms with van der Waals surface area (Å²) in [6.07, 6.45) is 1.38. The first kappa shape index (κ1) is 27.0. The molecule has 0 radical (unpaired) electrons. The smallest absolute Gasteiger partial charge is 0.0541 e. The fraction of sp³-hybridized carbons (Fsp3) is 0. The second-order valence-corrected chi connectivity index (χ2v) is 11.8.